The molecule has 0 saturated carbocycles. The molecular formula is C24H25BrN2O3S. The highest BCUT2D eigenvalue weighted by Crippen LogP contribution is 2.38. The van der Waals surface area contributed by atoms with Crippen LogP contribution in [0, 0.1) is 6.92 Å². The van der Waals surface area contributed by atoms with E-state index in [-0.39, 0.29) is 5.78 Å². The van der Waals surface area contributed by atoms with Gasteiger partial charge in [-0.2, -0.15) is 0 Å². The van der Waals surface area contributed by atoms with Crippen LogP contribution in [0.2, 0.25) is 0 Å². The molecular weight excluding hydrogens is 476 g/mol. The Morgan fingerprint density at radius 3 is 2.52 bits per heavy atom. The topological polar surface area (TPSA) is 81.4 Å². The van der Waals surface area contributed by atoms with Gasteiger partial charge in [0.1, 0.15) is 5.00 Å². The van der Waals surface area contributed by atoms with Gasteiger partial charge >= 0.3 is 5.97 Å². The van der Waals surface area contributed by atoms with Crippen molar-refractivity contribution in [3.8, 4) is 0 Å². The summed E-state index contributed by atoms with van der Waals surface area (Å²) in [4.78, 5) is 26.7. The molecule has 162 valence electrons. The zero-order valence-electron chi connectivity index (χ0n) is 17.5. The number of hydrogen-bond acceptors (Lipinski definition) is 6. The minimum atomic E-state index is -0.455. The lowest BCUT2D eigenvalue weighted by atomic mass is 9.99. The lowest BCUT2D eigenvalue weighted by molar-refractivity contribution is 0.0601. The van der Waals surface area contributed by atoms with Crippen molar-refractivity contribution in [3.05, 3.63) is 80.1 Å². The van der Waals surface area contributed by atoms with Gasteiger partial charge in [-0.25, -0.2) is 4.79 Å². The molecule has 1 heterocycles. The fourth-order valence-corrected chi connectivity index (χ4v) is 4.81. The fraction of sp³-hybridized carbons (Fsp3) is 0.250. The van der Waals surface area contributed by atoms with Crippen LogP contribution in [0.3, 0.4) is 0 Å². The zero-order valence-corrected chi connectivity index (χ0v) is 19.9. The minimum absolute atomic E-state index is 0.109. The van der Waals surface area contributed by atoms with Crippen LogP contribution < -0.4 is 11.1 Å². The number of carbonyl (C=O) groups is 2. The molecule has 2 aromatic carbocycles. The Morgan fingerprint density at radius 2 is 1.87 bits per heavy atom. The number of hydrogen-bond donors (Lipinski definition) is 2. The van der Waals surface area contributed by atoms with Gasteiger partial charge in [0.25, 0.3) is 0 Å². The number of carbonyl (C=O) groups excluding carboxylic acids is 2. The van der Waals surface area contributed by atoms with Gasteiger partial charge in [0, 0.05) is 15.7 Å². The number of nitrogens with two attached hydrogens (primary N) is 1. The highest BCUT2D eigenvalue weighted by Gasteiger charge is 2.28. The molecule has 0 spiro atoms. The number of ether oxygens (including phenoxy) is 1. The number of thiophene rings is 1. The van der Waals surface area contributed by atoms with E-state index in [1.165, 1.54) is 18.4 Å². The highest BCUT2D eigenvalue weighted by molar-refractivity contribution is 9.10. The van der Waals surface area contributed by atoms with E-state index in [1.54, 1.807) is 12.1 Å². The maximum Gasteiger partial charge on any atom is 0.341 e. The Kier molecular flexibility index (Phi) is 8.01. The monoisotopic (exact) mass is 500 g/mol. The molecule has 3 N–H and O–H groups in total. The van der Waals surface area contributed by atoms with Crippen LogP contribution in [-0.4, -0.2) is 25.4 Å². The minimum Gasteiger partial charge on any atom is -0.465 e. The Labute approximate surface area is 194 Å². The average Bonchev–Trinajstić information content (AvgIpc) is 3.11. The van der Waals surface area contributed by atoms with E-state index in [1.807, 2.05) is 43.3 Å². The molecule has 0 bridgehead atoms. The summed E-state index contributed by atoms with van der Waals surface area (Å²) >= 11 is 4.69. The van der Waals surface area contributed by atoms with Crippen LogP contribution in [-0.2, 0) is 11.2 Å². The third kappa shape index (κ3) is 5.61. The number of anilines is 2. The Hall–Kier alpha value is -2.48. The Morgan fingerprint density at radius 1 is 1.13 bits per heavy atom. The van der Waals surface area contributed by atoms with Gasteiger partial charge < -0.3 is 15.8 Å². The first kappa shape index (κ1) is 23.2. The summed E-state index contributed by atoms with van der Waals surface area (Å²) in [7, 11) is 1.36. The van der Waals surface area contributed by atoms with Crippen molar-refractivity contribution in [1.29, 1.82) is 0 Å². The number of nitrogens with one attached hydrogen (secondary N) is 1. The molecule has 0 radical (unpaired) electrons. The molecule has 0 aliphatic rings. The van der Waals surface area contributed by atoms with Crippen molar-refractivity contribution in [3.63, 3.8) is 0 Å². The van der Waals surface area contributed by atoms with Crippen molar-refractivity contribution in [2.24, 2.45) is 5.73 Å². The number of unbranched alkanes of at least 4 members (excludes halogenated alkanes) is 1. The molecule has 1 aromatic heterocycles. The molecule has 0 saturated heterocycles. The first-order chi connectivity index (χ1) is 14.9. The van der Waals surface area contributed by atoms with Crippen LogP contribution in [0.25, 0.3) is 0 Å². The number of methoxy groups -OCH3 is 1. The van der Waals surface area contributed by atoms with Gasteiger partial charge in [-0.1, -0.05) is 28.1 Å². The van der Waals surface area contributed by atoms with Crippen molar-refractivity contribution < 1.29 is 14.3 Å². The standard InChI is InChI=1S/C24H25BrN2O3S/c1-15-6-5-7-18(14-15)27-23-20(24(29)30-2)19(8-3-4-13-26)22(31-23)21(28)16-9-11-17(25)12-10-16/h5-7,9-12,14,27H,3-4,8,13,26H2,1-2H3. The second kappa shape index (κ2) is 10.7. The lowest BCUT2D eigenvalue weighted by Gasteiger charge is -2.09. The fourth-order valence-electron chi connectivity index (χ4n) is 3.33. The molecule has 7 heteroatoms. The summed E-state index contributed by atoms with van der Waals surface area (Å²) in [6, 6.07) is 15.1. The number of ketones is 1. The van der Waals surface area contributed by atoms with E-state index < -0.39 is 5.97 Å². The van der Waals surface area contributed by atoms with E-state index >= 15 is 0 Å². The molecule has 3 rings (SSSR count). The van der Waals surface area contributed by atoms with E-state index in [0.717, 1.165) is 28.6 Å². The SMILES string of the molecule is COC(=O)c1c(Nc2cccc(C)c2)sc(C(=O)c2ccc(Br)cc2)c1CCCCN. The predicted octanol–water partition coefficient (Wildman–Crippen LogP) is 5.86. The Bertz CT molecular complexity index is 1080. The molecule has 0 unspecified atom stereocenters. The molecule has 0 amide bonds. The van der Waals surface area contributed by atoms with Crippen molar-refractivity contribution in [2.75, 3.05) is 19.0 Å². The summed E-state index contributed by atoms with van der Waals surface area (Å²) in [6.07, 6.45) is 2.16. The number of esters is 1. The van der Waals surface area contributed by atoms with E-state index in [0.29, 0.717) is 39.5 Å². The van der Waals surface area contributed by atoms with Crippen LogP contribution in [0.4, 0.5) is 10.7 Å². The van der Waals surface area contributed by atoms with Gasteiger partial charge in [0.15, 0.2) is 0 Å². The number of aryl methyl sites for hydroxylation is 1. The maximum atomic E-state index is 13.4. The Balaban J connectivity index is 2.10. The number of rotatable bonds is 9. The van der Waals surface area contributed by atoms with Crippen LogP contribution in [0.1, 0.15) is 49.6 Å². The largest absolute Gasteiger partial charge is 0.465 e. The molecule has 5 nitrogen and oxygen atoms in total. The molecule has 0 fully saturated rings. The normalized spacial score (nSPS) is 10.7. The van der Waals surface area contributed by atoms with Gasteiger partial charge in [-0.3, -0.25) is 4.79 Å². The second-order valence-corrected chi connectivity index (χ2v) is 9.12. The van der Waals surface area contributed by atoms with E-state index in [2.05, 4.69) is 21.2 Å². The molecule has 3 aromatic rings. The molecule has 0 atom stereocenters. The van der Waals surface area contributed by atoms with E-state index in [4.69, 9.17) is 10.5 Å². The van der Waals surface area contributed by atoms with Crippen molar-refractivity contribution in [1.82, 2.24) is 0 Å². The van der Waals surface area contributed by atoms with Crippen molar-refractivity contribution >= 4 is 49.7 Å². The molecule has 31 heavy (non-hydrogen) atoms. The molecule has 0 aliphatic heterocycles. The summed E-state index contributed by atoms with van der Waals surface area (Å²) in [5.74, 6) is -0.563. The van der Waals surface area contributed by atoms with Crippen LogP contribution >= 0.6 is 27.3 Å². The van der Waals surface area contributed by atoms with Gasteiger partial charge in [-0.15, -0.1) is 11.3 Å². The summed E-state index contributed by atoms with van der Waals surface area (Å²) in [6.45, 7) is 2.56. The first-order valence-corrected chi connectivity index (χ1v) is 11.6. The van der Waals surface area contributed by atoms with Crippen LogP contribution in [0.5, 0.6) is 0 Å². The van der Waals surface area contributed by atoms with E-state index in [9.17, 15) is 9.59 Å². The average molecular weight is 501 g/mol. The quantitative estimate of drug-likeness (QED) is 0.218. The van der Waals surface area contributed by atoms with Crippen molar-refractivity contribution in [2.45, 2.75) is 26.2 Å². The first-order valence-electron chi connectivity index (χ1n) is 10.0. The van der Waals surface area contributed by atoms with Gasteiger partial charge in [0.05, 0.1) is 17.6 Å². The summed E-state index contributed by atoms with van der Waals surface area (Å²) < 4.78 is 5.98. The smallest absolute Gasteiger partial charge is 0.341 e. The third-order valence-corrected chi connectivity index (χ3v) is 6.54. The maximum absolute atomic E-state index is 13.4. The molecule has 0 aliphatic carbocycles. The predicted molar refractivity (Wildman–Crippen MR) is 130 cm³/mol. The second-order valence-electron chi connectivity index (χ2n) is 7.18. The lowest BCUT2D eigenvalue weighted by Crippen LogP contribution is -2.10. The number of benzene rings is 2. The number of halogens is 1. The van der Waals surface area contributed by atoms with Crippen LogP contribution in [0.15, 0.2) is 53.0 Å². The highest BCUT2D eigenvalue weighted by atomic mass is 79.9. The third-order valence-electron chi connectivity index (χ3n) is 4.87. The summed E-state index contributed by atoms with van der Waals surface area (Å²) in [5.41, 5.74) is 9.32. The zero-order chi connectivity index (χ0) is 22.4. The van der Waals surface area contributed by atoms with Gasteiger partial charge in [0.2, 0.25) is 5.78 Å². The van der Waals surface area contributed by atoms with Gasteiger partial charge in [-0.05, 0) is 80.3 Å². The summed E-state index contributed by atoms with van der Waals surface area (Å²) in [5, 5.41) is 3.94.